The Morgan fingerprint density at radius 1 is 1.14 bits per heavy atom. The van der Waals surface area contributed by atoms with Crippen molar-refractivity contribution in [3.8, 4) is 0 Å². The molecule has 36 heavy (non-hydrogen) atoms. The Hall–Kier alpha value is -2.37. The lowest BCUT2D eigenvalue weighted by Crippen LogP contribution is -2.52. The molecule has 1 aliphatic heterocycles. The fourth-order valence-corrected chi connectivity index (χ4v) is 8.83. The van der Waals surface area contributed by atoms with Crippen molar-refractivity contribution >= 4 is 65.6 Å². The fourth-order valence-electron chi connectivity index (χ4n) is 4.45. The standard InChI is InChI=1S/C25H25ClN4O3S3/c1-16-8-9-17(2)23-22(16)28-25(35-23)29(15-18-6-5-12-27-14-18)24(31)19-7-3-4-13-30(19)36(32,33)21-11-10-20(26)34-21/h5-6,8-12,14,19H,3-4,7,13,15H2,1-2H3. The number of hydrogen-bond donors (Lipinski definition) is 0. The van der Waals surface area contributed by atoms with Crippen LogP contribution in [0.2, 0.25) is 4.34 Å². The smallest absolute Gasteiger partial charge is 0.253 e. The number of thiophene rings is 1. The van der Waals surface area contributed by atoms with Gasteiger partial charge in [0.1, 0.15) is 10.3 Å². The first-order valence-electron chi connectivity index (χ1n) is 11.6. The first-order chi connectivity index (χ1) is 17.3. The maximum absolute atomic E-state index is 14.2. The fraction of sp³-hybridized carbons (Fsp3) is 0.320. The minimum Gasteiger partial charge on any atom is -0.282 e. The molecule has 0 bridgehead atoms. The molecule has 1 saturated heterocycles. The number of halogens is 1. The first kappa shape index (κ1) is 25.3. The van der Waals surface area contributed by atoms with E-state index in [2.05, 4.69) is 11.1 Å². The van der Waals surface area contributed by atoms with E-state index in [0.29, 0.717) is 22.3 Å². The molecule has 1 aliphatic rings. The van der Waals surface area contributed by atoms with E-state index in [-0.39, 0.29) is 23.2 Å². The molecule has 0 saturated carbocycles. The van der Waals surface area contributed by atoms with Crippen LogP contribution in [0.4, 0.5) is 5.13 Å². The number of anilines is 1. The first-order valence-corrected chi connectivity index (χ1v) is 15.0. The van der Waals surface area contributed by atoms with E-state index >= 15 is 0 Å². The third-order valence-electron chi connectivity index (χ3n) is 6.34. The van der Waals surface area contributed by atoms with Crippen molar-refractivity contribution < 1.29 is 13.2 Å². The number of aromatic nitrogens is 2. The maximum atomic E-state index is 14.2. The Morgan fingerprint density at radius 3 is 2.64 bits per heavy atom. The van der Waals surface area contributed by atoms with Crippen LogP contribution in [0.3, 0.4) is 0 Å². The number of benzene rings is 1. The molecule has 4 aromatic rings. The van der Waals surface area contributed by atoms with Crippen LogP contribution in [0.5, 0.6) is 0 Å². The molecule has 188 valence electrons. The number of piperidine rings is 1. The summed E-state index contributed by atoms with van der Waals surface area (Å²) in [5.74, 6) is -0.279. The average Bonchev–Trinajstić information content (AvgIpc) is 3.53. The number of nitrogens with zero attached hydrogens (tertiary/aromatic N) is 4. The molecule has 3 aromatic heterocycles. The molecule has 1 atom stereocenters. The summed E-state index contributed by atoms with van der Waals surface area (Å²) in [6.07, 6.45) is 5.31. The Labute approximate surface area is 223 Å². The summed E-state index contributed by atoms with van der Waals surface area (Å²) in [6, 6.07) is 10.0. The predicted molar refractivity (Wildman–Crippen MR) is 145 cm³/mol. The quantitative estimate of drug-likeness (QED) is 0.297. The van der Waals surface area contributed by atoms with E-state index in [1.54, 1.807) is 23.4 Å². The van der Waals surface area contributed by atoms with E-state index in [0.717, 1.165) is 44.7 Å². The number of pyridine rings is 1. The van der Waals surface area contributed by atoms with Crippen molar-refractivity contribution in [1.29, 1.82) is 0 Å². The van der Waals surface area contributed by atoms with Crippen LogP contribution in [-0.4, -0.2) is 41.2 Å². The molecule has 4 heterocycles. The SMILES string of the molecule is Cc1ccc(C)c2sc(N(Cc3cccnc3)C(=O)C3CCCCN3S(=O)(=O)c3ccc(Cl)s3)nc12. The molecule has 0 radical (unpaired) electrons. The molecule has 1 aromatic carbocycles. The van der Waals surface area contributed by atoms with Crippen LogP contribution in [-0.2, 0) is 21.4 Å². The third kappa shape index (κ3) is 4.80. The zero-order valence-electron chi connectivity index (χ0n) is 19.8. The highest BCUT2D eigenvalue weighted by Crippen LogP contribution is 2.36. The molecule has 0 N–H and O–H groups in total. The normalized spacial score (nSPS) is 16.9. The van der Waals surface area contributed by atoms with Gasteiger partial charge in [-0.25, -0.2) is 13.4 Å². The molecule has 0 aliphatic carbocycles. The van der Waals surface area contributed by atoms with Crippen LogP contribution in [0.15, 0.2) is 53.0 Å². The van der Waals surface area contributed by atoms with Crippen molar-refractivity contribution in [2.24, 2.45) is 0 Å². The van der Waals surface area contributed by atoms with Gasteiger partial charge in [0.2, 0.25) is 5.91 Å². The van der Waals surface area contributed by atoms with E-state index in [9.17, 15) is 13.2 Å². The number of amides is 1. The number of hydrogen-bond acceptors (Lipinski definition) is 7. The second-order valence-electron chi connectivity index (χ2n) is 8.85. The predicted octanol–water partition coefficient (Wildman–Crippen LogP) is 5.80. The molecule has 5 rings (SSSR count). The van der Waals surface area contributed by atoms with Gasteiger partial charge in [0, 0.05) is 18.9 Å². The molecule has 1 fully saturated rings. The molecular weight excluding hydrogens is 536 g/mol. The maximum Gasteiger partial charge on any atom is 0.253 e. The van der Waals surface area contributed by atoms with Crippen molar-refractivity contribution in [2.45, 2.75) is 49.9 Å². The van der Waals surface area contributed by atoms with E-state index in [4.69, 9.17) is 16.6 Å². The third-order valence-corrected chi connectivity index (χ3v) is 11.2. The van der Waals surface area contributed by atoms with Crippen LogP contribution in [0.1, 0.15) is 36.0 Å². The minimum absolute atomic E-state index is 0.150. The summed E-state index contributed by atoms with van der Waals surface area (Å²) in [5.41, 5.74) is 3.82. The summed E-state index contributed by atoms with van der Waals surface area (Å²) in [6.45, 7) is 4.56. The Kier molecular flexibility index (Phi) is 7.15. The van der Waals surface area contributed by atoms with Crippen molar-refractivity contribution in [3.05, 3.63) is 69.8 Å². The number of aryl methyl sites for hydroxylation is 2. The number of carbonyl (C=O) groups excluding carboxylic acids is 1. The second kappa shape index (κ2) is 10.2. The second-order valence-corrected chi connectivity index (χ2v) is 13.7. The molecule has 11 heteroatoms. The molecule has 7 nitrogen and oxygen atoms in total. The van der Waals surface area contributed by atoms with Crippen LogP contribution < -0.4 is 4.90 Å². The number of rotatable bonds is 6. The molecular formula is C25H25ClN4O3S3. The van der Waals surface area contributed by atoms with E-state index < -0.39 is 16.1 Å². The highest BCUT2D eigenvalue weighted by atomic mass is 35.5. The zero-order valence-corrected chi connectivity index (χ0v) is 23.1. The molecule has 1 unspecified atom stereocenters. The number of sulfonamides is 1. The van der Waals surface area contributed by atoms with Crippen molar-refractivity contribution in [2.75, 3.05) is 11.4 Å². The van der Waals surface area contributed by atoms with Gasteiger partial charge in [0.15, 0.2) is 5.13 Å². The summed E-state index contributed by atoms with van der Waals surface area (Å²) in [7, 11) is -3.87. The number of thiazole rings is 1. The summed E-state index contributed by atoms with van der Waals surface area (Å²) < 4.78 is 30.0. The lowest BCUT2D eigenvalue weighted by Gasteiger charge is -2.35. The average molecular weight is 561 g/mol. The molecule has 0 spiro atoms. The van der Waals surface area contributed by atoms with Gasteiger partial charge in [0.25, 0.3) is 10.0 Å². The lowest BCUT2D eigenvalue weighted by molar-refractivity contribution is -0.123. The van der Waals surface area contributed by atoms with Crippen LogP contribution in [0.25, 0.3) is 10.2 Å². The van der Waals surface area contributed by atoms with Gasteiger partial charge in [0.05, 0.1) is 21.1 Å². The van der Waals surface area contributed by atoms with Crippen molar-refractivity contribution in [3.63, 3.8) is 0 Å². The number of fused-ring (bicyclic) bond motifs is 1. The molecule has 1 amide bonds. The largest absolute Gasteiger partial charge is 0.282 e. The Bertz CT molecular complexity index is 1480. The lowest BCUT2D eigenvalue weighted by atomic mass is 10.0. The van der Waals surface area contributed by atoms with E-state index in [1.807, 2.05) is 32.0 Å². The topological polar surface area (TPSA) is 83.5 Å². The van der Waals surface area contributed by atoms with Gasteiger partial charge >= 0.3 is 0 Å². The summed E-state index contributed by atoms with van der Waals surface area (Å²) in [5, 5.41) is 0.554. The van der Waals surface area contributed by atoms with Crippen LogP contribution >= 0.6 is 34.3 Å². The zero-order chi connectivity index (χ0) is 25.4. The Morgan fingerprint density at radius 2 is 1.94 bits per heavy atom. The minimum atomic E-state index is -3.87. The summed E-state index contributed by atoms with van der Waals surface area (Å²) in [4.78, 5) is 24.9. The number of carbonyl (C=O) groups is 1. The van der Waals surface area contributed by atoms with Gasteiger partial charge in [-0.15, -0.1) is 11.3 Å². The van der Waals surface area contributed by atoms with Gasteiger partial charge in [-0.2, -0.15) is 4.31 Å². The Balaban J connectivity index is 1.57. The van der Waals surface area contributed by atoms with Gasteiger partial charge in [-0.1, -0.05) is 47.6 Å². The van der Waals surface area contributed by atoms with Gasteiger partial charge in [-0.05, 0) is 61.6 Å². The van der Waals surface area contributed by atoms with Gasteiger partial charge in [-0.3, -0.25) is 14.7 Å². The van der Waals surface area contributed by atoms with Crippen molar-refractivity contribution in [1.82, 2.24) is 14.3 Å². The highest BCUT2D eigenvalue weighted by molar-refractivity contribution is 7.91. The van der Waals surface area contributed by atoms with Gasteiger partial charge < -0.3 is 0 Å². The van der Waals surface area contributed by atoms with E-state index in [1.165, 1.54) is 21.7 Å². The van der Waals surface area contributed by atoms with Crippen LogP contribution in [0, 0.1) is 13.8 Å². The summed E-state index contributed by atoms with van der Waals surface area (Å²) >= 11 is 8.50. The monoisotopic (exact) mass is 560 g/mol. The highest BCUT2D eigenvalue weighted by Gasteiger charge is 2.41.